The van der Waals surface area contributed by atoms with E-state index >= 15 is 0 Å². The average Bonchev–Trinajstić information content (AvgIpc) is 3.19. The molecule has 0 aliphatic carbocycles. The summed E-state index contributed by atoms with van der Waals surface area (Å²) >= 11 is 1.44. The number of aromatic nitrogens is 2. The summed E-state index contributed by atoms with van der Waals surface area (Å²) in [7, 11) is 3.40. The molecule has 0 aliphatic rings. The number of benzene rings is 2. The number of fused-ring (bicyclic) bond motifs is 1. The number of anilines is 1. The van der Waals surface area contributed by atoms with Crippen LogP contribution in [0.3, 0.4) is 0 Å². The zero-order chi connectivity index (χ0) is 21.8. The summed E-state index contributed by atoms with van der Waals surface area (Å²) in [6.45, 7) is 0.507. The number of amides is 1. The Morgan fingerprint density at radius 1 is 1.16 bits per heavy atom. The fourth-order valence-electron chi connectivity index (χ4n) is 3.33. The minimum atomic E-state index is -0.170. The number of carbonyl (C=O) groups is 1. The SMILES string of the molecule is COc1ccc(NC(=O)CN(C)Cc2nc3scc(-c4ccccc4)c3c(=O)[nH]2)cc1. The molecular weight excluding hydrogens is 412 g/mol. The maximum Gasteiger partial charge on any atom is 0.260 e. The van der Waals surface area contributed by atoms with Crippen molar-refractivity contribution in [1.29, 1.82) is 0 Å². The molecule has 4 rings (SSSR count). The maximum atomic E-state index is 12.8. The molecule has 7 nitrogen and oxygen atoms in total. The maximum absolute atomic E-state index is 12.8. The molecular formula is C23H22N4O3S. The van der Waals surface area contributed by atoms with E-state index in [2.05, 4.69) is 15.3 Å². The highest BCUT2D eigenvalue weighted by molar-refractivity contribution is 7.17. The lowest BCUT2D eigenvalue weighted by atomic mass is 10.1. The van der Waals surface area contributed by atoms with Gasteiger partial charge in [0.2, 0.25) is 5.91 Å². The monoisotopic (exact) mass is 434 g/mol. The molecule has 2 aromatic heterocycles. The van der Waals surface area contributed by atoms with Crippen molar-refractivity contribution in [2.45, 2.75) is 6.54 Å². The fraction of sp³-hybridized carbons (Fsp3) is 0.174. The van der Waals surface area contributed by atoms with Gasteiger partial charge in [-0.15, -0.1) is 11.3 Å². The number of aromatic amines is 1. The Hall–Kier alpha value is -3.49. The topological polar surface area (TPSA) is 87.3 Å². The number of H-pyrrole nitrogens is 1. The van der Waals surface area contributed by atoms with E-state index in [4.69, 9.17) is 4.74 Å². The van der Waals surface area contributed by atoms with Gasteiger partial charge < -0.3 is 15.0 Å². The second-order valence-corrected chi connectivity index (χ2v) is 8.02. The summed E-state index contributed by atoms with van der Waals surface area (Å²) in [4.78, 5) is 35.1. The summed E-state index contributed by atoms with van der Waals surface area (Å²) in [5.41, 5.74) is 2.39. The Morgan fingerprint density at radius 3 is 2.61 bits per heavy atom. The Morgan fingerprint density at radius 2 is 1.90 bits per heavy atom. The van der Waals surface area contributed by atoms with Crippen LogP contribution >= 0.6 is 11.3 Å². The molecule has 0 atom stereocenters. The number of thiophene rings is 1. The van der Waals surface area contributed by atoms with Gasteiger partial charge in [-0.1, -0.05) is 30.3 Å². The highest BCUT2D eigenvalue weighted by atomic mass is 32.1. The molecule has 2 N–H and O–H groups in total. The number of rotatable bonds is 7. The molecule has 0 unspecified atom stereocenters. The van der Waals surface area contributed by atoms with Gasteiger partial charge in [0, 0.05) is 16.6 Å². The molecule has 0 fully saturated rings. The first kappa shape index (κ1) is 20.8. The molecule has 31 heavy (non-hydrogen) atoms. The van der Waals surface area contributed by atoms with Crippen molar-refractivity contribution in [2.75, 3.05) is 26.0 Å². The predicted octanol–water partition coefficient (Wildman–Crippen LogP) is 3.73. The van der Waals surface area contributed by atoms with Crippen LogP contribution in [0.5, 0.6) is 5.75 Å². The summed E-state index contributed by atoms with van der Waals surface area (Å²) in [5.74, 6) is 1.10. The molecule has 0 aliphatic heterocycles. The van der Waals surface area contributed by atoms with Crippen LogP contribution in [0.2, 0.25) is 0 Å². The third kappa shape index (κ3) is 4.82. The van der Waals surface area contributed by atoms with Crippen LogP contribution in [0, 0.1) is 0 Å². The van der Waals surface area contributed by atoms with Crippen LogP contribution in [0.25, 0.3) is 21.3 Å². The fourth-order valence-corrected chi connectivity index (χ4v) is 4.30. The first-order valence-corrected chi connectivity index (χ1v) is 10.6. The third-order valence-corrected chi connectivity index (χ3v) is 5.66. The smallest absolute Gasteiger partial charge is 0.260 e. The standard InChI is InChI=1S/C23H22N4O3S/c1-27(13-20(28)24-16-8-10-17(30-2)11-9-16)12-19-25-22(29)21-18(14-31-23(21)26-19)15-6-4-3-5-7-15/h3-11,14H,12-13H2,1-2H3,(H,24,28)(H,25,26,29). The highest BCUT2D eigenvalue weighted by Gasteiger charge is 2.14. The minimum absolute atomic E-state index is 0.154. The first-order chi connectivity index (χ1) is 15.0. The molecule has 2 heterocycles. The van der Waals surface area contributed by atoms with E-state index < -0.39 is 0 Å². The average molecular weight is 435 g/mol. The van der Waals surface area contributed by atoms with Crippen molar-refractivity contribution in [1.82, 2.24) is 14.9 Å². The van der Waals surface area contributed by atoms with Gasteiger partial charge in [0.05, 0.1) is 25.6 Å². The lowest BCUT2D eigenvalue weighted by Crippen LogP contribution is -2.31. The van der Waals surface area contributed by atoms with E-state index in [9.17, 15) is 9.59 Å². The largest absolute Gasteiger partial charge is 0.497 e. The van der Waals surface area contributed by atoms with E-state index in [0.29, 0.717) is 28.3 Å². The summed E-state index contributed by atoms with van der Waals surface area (Å²) in [5, 5.41) is 5.40. The van der Waals surface area contributed by atoms with Crippen molar-refractivity contribution >= 4 is 33.1 Å². The highest BCUT2D eigenvalue weighted by Crippen LogP contribution is 2.30. The first-order valence-electron chi connectivity index (χ1n) is 9.72. The van der Waals surface area contributed by atoms with E-state index in [0.717, 1.165) is 16.9 Å². The second-order valence-electron chi connectivity index (χ2n) is 7.16. The number of nitrogens with one attached hydrogen (secondary N) is 2. The quantitative estimate of drug-likeness (QED) is 0.463. The van der Waals surface area contributed by atoms with Gasteiger partial charge in [0.1, 0.15) is 16.4 Å². The number of likely N-dealkylation sites (N-methyl/N-ethyl adjacent to an activating group) is 1. The van der Waals surface area contributed by atoms with Crippen LogP contribution in [0.4, 0.5) is 5.69 Å². The molecule has 0 radical (unpaired) electrons. The van der Waals surface area contributed by atoms with Crippen molar-refractivity contribution in [3.63, 3.8) is 0 Å². The van der Waals surface area contributed by atoms with Gasteiger partial charge in [0.15, 0.2) is 0 Å². The number of methoxy groups -OCH3 is 1. The van der Waals surface area contributed by atoms with Gasteiger partial charge in [-0.05, 0) is 36.9 Å². The van der Waals surface area contributed by atoms with Gasteiger partial charge in [-0.2, -0.15) is 0 Å². The van der Waals surface area contributed by atoms with E-state index in [1.54, 1.807) is 36.3 Å². The third-order valence-electron chi connectivity index (χ3n) is 4.78. The molecule has 0 saturated heterocycles. The normalized spacial score (nSPS) is 11.1. The molecule has 0 spiro atoms. The van der Waals surface area contributed by atoms with Gasteiger partial charge in [0.25, 0.3) is 5.56 Å². The number of nitrogens with zero attached hydrogens (tertiary/aromatic N) is 2. The van der Waals surface area contributed by atoms with Crippen molar-refractivity contribution < 1.29 is 9.53 Å². The number of carbonyl (C=O) groups excluding carboxylic acids is 1. The summed E-state index contributed by atoms with van der Waals surface area (Å²) in [6, 6.07) is 16.9. The Bertz CT molecular complexity index is 1250. The van der Waals surface area contributed by atoms with Crippen molar-refractivity contribution in [3.8, 4) is 16.9 Å². The lowest BCUT2D eigenvalue weighted by molar-refractivity contribution is -0.117. The van der Waals surface area contributed by atoms with Crippen LogP contribution in [-0.4, -0.2) is 41.5 Å². The number of hydrogen-bond acceptors (Lipinski definition) is 6. The molecule has 0 saturated carbocycles. The van der Waals surface area contributed by atoms with Gasteiger partial charge in [-0.25, -0.2) is 4.98 Å². The molecule has 8 heteroatoms. The summed E-state index contributed by atoms with van der Waals surface area (Å²) < 4.78 is 5.12. The van der Waals surface area contributed by atoms with Crippen LogP contribution in [-0.2, 0) is 11.3 Å². The Labute approximate surface area is 183 Å². The minimum Gasteiger partial charge on any atom is -0.497 e. The van der Waals surface area contributed by atoms with E-state index in [1.807, 2.05) is 42.8 Å². The molecule has 158 valence electrons. The lowest BCUT2D eigenvalue weighted by Gasteiger charge is -2.15. The molecule has 2 aromatic carbocycles. The Balaban J connectivity index is 1.44. The van der Waals surface area contributed by atoms with Crippen molar-refractivity contribution in [3.05, 3.63) is 76.2 Å². The zero-order valence-corrected chi connectivity index (χ0v) is 18.0. The molecule has 1 amide bonds. The molecule has 4 aromatic rings. The van der Waals surface area contributed by atoms with Gasteiger partial charge >= 0.3 is 0 Å². The van der Waals surface area contributed by atoms with Crippen molar-refractivity contribution in [2.24, 2.45) is 0 Å². The predicted molar refractivity (Wildman–Crippen MR) is 124 cm³/mol. The Kier molecular flexibility index (Phi) is 6.11. The number of hydrogen-bond donors (Lipinski definition) is 2. The zero-order valence-electron chi connectivity index (χ0n) is 17.2. The van der Waals surface area contributed by atoms with E-state index in [-0.39, 0.29) is 18.0 Å². The number of ether oxygens (including phenoxy) is 1. The summed E-state index contributed by atoms with van der Waals surface area (Å²) in [6.07, 6.45) is 0. The van der Waals surface area contributed by atoms with Crippen LogP contribution in [0.15, 0.2) is 64.8 Å². The van der Waals surface area contributed by atoms with Gasteiger partial charge in [-0.3, -0.25) is 14.5 Å². The molecule has 0 bridgehead atoms. The second kappa shape index (κ2) is 9.11. The van der Waals surface area contributed by atoms with Crippen LogP contribution in [0.1, 0.15) is 5.82 Å². The van der Waals surface area contributed by atoms with Crippen LogP contribution < -0.4 is 15.6 Å². The van der Waals surface area contributed by atoms with E-state index in [1.165, 1.54) is 11.3 Å².